The summed E-state index contributed by atoms with van der Waals surface area (Å²) in [7, 11) is 1.60. The van der Waals surface area contributed by atoms with Gasteiger partial charge in [-0.3, -0.25) is 0 Å². The van der Waals surface area contributed by atoms with Gasteiger partial charge < -0.3 is 33.9 Å². The number of carbonyl (C=O) groups excluding carboxylic acids is 1. The molecule has 0 amide bonds. The molecule has 2 spiro atoms. The van der Waals surface area contributed by atoms with Crippen molar-refractivity contribution < 1.29 is 38.7 Å². The highest BCUT2D eigenvalue weighted by Crippen LogP contribution is 2.80. The lowest BCUT2D eigenvalue weighted by molar-refractivity contribution is -0.283. The Morgan fingerprint density at radius 3 is 2.66 bits per heavy atom. The van der Waals surface area contributed by atoms with Crippen LogP contribution in [0.15, 0.2) is 23.3 Å². The smallest absolute Gasteiger partial charge is 0.331 e. The summed E-state index contributed by atoms with van der Waals surface area (Å²) in [5.41, 5.74) is 1.77. The fraction of sp³-hybridized carbons (Fsp3) is 0.833. The van der Waals surface area contributed by atoms with Crippen LogP contribution in [0.1, 0.15) is 72.1 Å². The highest BCUT2D eigenvalue weighted by atomic mass is 16.7. The van der Waals surface area contributed by atoms with Crippen LogP contribution in [0.25, 0.3) is 0 Å². The maximum Gasteiger partial charge on any atom is 0.331 e. The van der Waals surface area contributed by atoms with E-state index in [0.29, 0.717) is 31.3 Å². The molecule has 7 rings (SSSR count). The van der Waals surface area contributed by atoms with Crippen LogP contribution in [0, 0.1) is 22.7 Å². The second-order valence-corrected chi connectivity index (χ2v) is 13.5. The summed E-state index contributed by atoms with van der Waals surface area (Å²) in [4.78, 5) is 11.8. The number of aliphatic hydroxyl groups is 2. The molecule has 4 aliphatic carbocycles. The zero-order valence-corrected chi connectivity index (χ0v) is 23.0. The molecule has 0 aromatic carbocycles. The predicted octanol–water partition coefficient (Wildman–Crippen LogP) is 3.19. The minimum atomic E-state index is -0.680. The van der Waals surface area contributed by atoms with Gasteiger partial charge in [0.15, 0.2) is 6.29 Å². The van der Waals surface area contributed by atoms with Crippen LogP contribution < -0.4 is 0 Å². The maximum atomic E-state index is 11.8. The number of ether oxygens (including phenoxy) is 5. The van der Waals surface area contributed by atoms with Crippen LogP contribution >= 0.6 is 0 Å². The molecule has 3 saturated carbocycles. The molecule has 3 heterocycles. The van der Waals surface area contributed by atoms with E-state index in [4.69, 9.17) is 23.7 Å². The van der Waals surface area contributed by atoms with E-state index in [1.54, 1.807) is 13.2 Å². The van der Waals surface area contributed by atoms with Gasteiger partial charge in [0, 0.05) is 30.6 Å². The summed E-state index contributed by atoms with van der Waals surface area (Å²) >= 11 is 0. The summed E-state index contributed by atoms with van der Waals surface area (Å²) < 4.78 is 30.0. The monoisotopic (exact) mass is 530 g/mol. The van der Waals surface area contributed by atoms with Crippen LogP contribution in [0.3, 0.4) is 0 Å². The average molecular weight is 531 g/mol. The summed E-state index contributed by atoms with van der Waals surface area (Å²) in [6.45, 7) is 6.92. The number of esters is 1. The first-order valence-corrected chi connectivity index (χ1v) is 14.6. The largest absolute Gasteiger partial charge is 0.458 e. The van der Waals surface area contributed by atoms with Gasteiger partial charge in [0.05, 0.1) is 24.4 Å². The van der Waals surface area contributed by atoms with E-state index in [9.17, 15) is 15.0 Å². The van der Waals surface area contributed by atoms with Crippen molar-refractivity contribution in [1.82, 2.24) is 0 Å². The van der Waals surface area contributed by atoms with Crippen molar-refractivity contribution in [2.45, 2.75) is 120 Å². The normalized spacial score (nSPS) is 55.2. The quantitative estimate of drug-likeness (QED) is 0.324. The van der Waals surface area contributed by atoms with Crippen LogP contribution in [-0.4, -0.2) is 77.9 Å². The SMILES string of the molecule is COC1CC(OC2CC3CCC45OC46CC=C(C4=CC(=O)OC4)C6(C)CCC5C3(C)CC2O)OC(C)C1O. The van der Waals surface area contributed by atoms with Crippen molar-refractivity contribution >= 4 is 5.97 Å². The van der Waals surface area contributed by atoms with Gasteiger partial charge in [0.1, 0.15) is 23.9 Å². The first-order chi connectivity index (χ1) is 18.1. The Morgan fingerprint density at radius 1 is 1.11 bits per heavy atom. The Bertz CT molecular complexity index is 1090. The highest BCUT2D eigenvalue weighted by Gasteiger charge is 2.85. The van der Waals surface area contributed by atoms with Gasteiger partial charge in [-0.15, -0.1) is 0 Å². The van der Waals surface area contributed by atoms with Gasteiger partial charge in [-0.05, 0) is 74.7 Å². The lowest BCUT2D eigenvalue weighted by Gasteiger charge is -2.59. The van der Waals surface area contributed by atoms with Gasteiger partial charge in [0.2, 0.25) is 0 Å². The zero-order valence-electron chi connectivity index (χ0n) is 23.0. The van der Waals surface area contributed by atoms with Crippen LogP contribution in [-0.2, 0) is 28.5 Å². The summed E-state index contributed by atoms with van der Waals surface area (Å²) in [6.07, 6.45) is 8.22. The molecule has 0 bridgehead atoms. The van der Waals surface area contributed by atoms with Crippen molar-refractivity contribution in [2.24, 2.45) is 22.7 Å². The number of hydrogen-bond acceptors (Lipinski definition) is 8. The third-order valence-electron chi connectivity index (χ3n) is 12.1. The molecule has 8 heteroatoms. The van der Waals surface area contributed by atoms with Crippen molar-refractivity contribution in [2.75, 3.05) is 13.7 Å². The average Bonchev–Trinajstić information content (AvgIpc) is 3.18. The summed E-state index contributed by atoms with van der Waals surface area (Å²) in [6, 6.07) is 0. The van der Waals surface area contributed by atoms with Gasteiger partial charge in [0.25, 0.3) is 0 Å². The Morgan fingerprint density at radius 2 is 1.92 bits per heavy atom. The van der Waals surface area contributed by atoms with E-state index < -0.39 is 18.5 Å². The molecule has 0 aromatic rings. The Labute approximate surface area is 224 Å². The summed E-state index contributed by atoms with van der Waals surface area (Å²) in [5.74, 6) is 0.590. The number of epoxide rings is 1. The van der Waals surface area contributed by atoms with Crippen molar-refractivity contribution in [1.29, 1.82) is 0 Å². The molecule has 7 aliphatic rings. The van der Waals surface area contributed by atoms with Gasteiger partial charge in [-0.2, -0.15) is 0 Å². The number of cyclic esters (lactones) is 1. The third-order valence-corrected chi connectivity index (χ3v) is 12.1. The van der Waals surface area contributed by atoms with E-state index in [1.807, 2.05) is 6.92 Å². The van der Waals surface area contributed by atoms with Crippen LogP contribution in [0.5, 0.6) is 0 Å². The van der Waals surface area contributed by atoms with E-state index in [1.165, 1.54) is 5.57 Å². The molecule has 0 aromatic heterocycles. The number of rotatable bonds is 4. The summed E-state index contributed by atoms with van der Waals surface area (Å²) in [5, 5.41) is 21.7. The van der Waals surface area contributed by atoms with Crippen molar-refractivity contribution in [3.8, 4) is 0 Å². The number of aliphatic hydroxyl groups excluding tert-OH is 2. The molecule has 210 valence electrons. The van der Waals surface area contributed by atoms with Crippen LogP contribution in [0.4, 0.5) is 0 Å². The third kappa shape index (κ3) is 3.22. The van der Waals surface area contributed by atoms with Gasteiger partial charge >= 0.3 is 5.97 Å². The number of carbonyl (C=O) groups is 1. The van der Waals surface area contributed by atoms with Crippen molar-refractivity contribution in [3.05, 3.63) is 23.3 Å². The van der Waals surface area contributed by atoms with E-state index in [2.05, 4.69) is 19.9 Å². The van der Waals surface area contributed by atoms with Crippen LogP contribution in [0.2, 0.25) is 0 Å². The molecule has 12 unspecified atom stereocenters. The Balaban J connectivity index is 1.09. The minimum absolute atomic E-state index is 0.0250. The first kappa shape index (κ1) is 25.7. The second-order valence-electron chi connectivity index (χ2n) is 13.5. The van der Waals surface area contributed by atoms with Gasteiger partial charge in [-0.1, -0.05) is 19.9 Å². The predicted molar refractivity (Wildman–Crippen MR) is 136 cm³/mol. The first-order valence-electron chi connectivity index (χ1n) is 14.6. The maximum absolute atomic E-state index is 11.8. The highest BCUT2D eigenvalue weighted by molar-refractivity contribution is 5.87. The Hall–Kier alpha value is -1.29. The lowest BCUT2D eigenvalue weighted by atomic mass is 9.44. The molecule has 5 fully saturated rings. The van der Waals surface area contributed by atoms with Gasteiger partial charge in [-0.25, -0.2) is 4.79 Å². The molecule has 2 N–H and O–H groups in total. The number of hydrogen-bond donors (Lipinski definition) is 2. The minimum Gasteiger partial charge on any atom is -0.458 e. The van der Waals surface area contributed by atoms with Crippen molar-refractivity contribution in [3.63, 3.8) is 0 Å². The molecule has 3 aliphatic heterocycles. The second kappa shape index (κ2) is 8.37. The zero-order chi connectivity index (χ0) is 26.7. The number of fused-ring (bicyclic) bond motifs is 2. The number of methoxy groups -OCH3 is 1. The molecule has 8 nitrogen and oxygen atoms in total. The standard InChI is InChI=1S/C30H42O8/c1-16-26(33)22(34-4)13-25(36-16)37-21-12-18-5-9-29-23(27(18,2)14-20(21)31)7-8-28(3)19(6-10-30(28,29)38-29)17-11-24(32)35-15-17/h6,11,16,18,20-23,25-26,31,33H,5,7-10,12-15H2,1-4H3. The molecule has 38 heavy (non-hydrogen) atoms. The molecule has 12 atom stereocenters. The Kier molecular flexibility index (Phi) is 5.65. The lowest BCUT2D eigenvalue weighted by Crippen LogP contribution is -2.61. The molecular weight excluding hydrogens is 488 g/mol. The molecule has 2 saturated heterocycles. The topological polar surface area (TPSA) is 107 Å². The fourth-order valence-corrected chi connectivity index (χ4v) is 10.0. The molecule has 0 radical (unpaired) electrons. The van der Waals surface area contributed by atoms with E-state index in [0.717, 1.165) is 44.1 Å². The van der Waals surface area contributed by atoms with E-state index in [-0.39, 0.29) is 46.3 Å². The fourth-order valence-electron chi connectivity index (χ4n) is 10.0. The van der Waals surface area contributed by atoms with E-state index >= 15 is 0 Å². The molecular formula is C30H42O8.